The maximum Gasteiger partial charge on any atom is 0.137 e. The molecule has 1 aliphatic rings. The minimum absolute atomic E-state index is 0.148. The van der Waals surface area contributed by atoms with Crippen LogP contribution in [-0.4, -0.2) is 18.3 Å². The first kappa shape index (κ1) is 10.8. The first-order chi connectivity index (χ1) is 8.12. The van der Waals surface area contributed by atoms with Gasteiger partial charge in [-0.25, -0.2) is 0 Å². The van der Waals surface area contributed by atoms with Gasteiger partial charge in [-0.3, -0.25) is 0 Å². The van der Waals surface area contributed by atoms with Crippen molar-refractivity contribution in [3.63, 3.8) is 0 Å². The van der Waals surface area contributed by atoms with Crippen molar-refractivity contribution in [2.45, 2.75) is 31.5 Å². The highest BCUT2D eigenvalue weighted by Gasteiger charge is 2.46. The summed E-state index contributed by atoms with van der Waals surface area (Å²) in [6.45, 7) is 2.01. The van der Waals surface area contributed by atoms with Gasteiger partial charge in [-0.2, -0.15) is 0 Å². The van der Waals surface area contributed by atoms with Crippen LogP contribution in [0, 0.1) is 6.92 Å². The molecule has 0 bridgehead atoms. The molecule has 0 spiro atoms. The third kappa shape index (κ3) is 1.58. The van der Waals surface area contributed by atoms with Crippen molar-refractivity contribution < 1.29 is 14.3 Å². The van der Waals surface area contributed by atoms with Gasteiger partial charge in [0.15, 0.2) is 0 Å². The van der Waals surface area contributed by atoms with Crippen molar-refractivity contribution in [3.05, 3.63) is 35.6 Å². The van der Waals surface area contributed by atoms with E-state index in [0.717, 1.165) is 16.5 Å². The van der Waals surface area contributed by atoms with Crippen LogP contribution in [-0.2, 0) is 10.3 Å². The molecule has 1 heterocycles. The van der Waals surface area contributed by atoms with Crippen LogP contribution in [0.25, 0.3) is 11.0 Å². The summed E-state index contributed by atoms with van der Waals surface area (Å²) < 4.78 is 11.0. The lowest BCUT2D eigenvalue weighted by Gasteiger charge is -2.40. The van der Waals surface area contributed by atoms with Gasteiger partial charge in [-0.15, -0.1) is 0 Å². The Bertz CT molecular complexity index is 550. The molecule has 0 atom stereocenters. The summed E-state index contributed by atoms with van der Waals surface area (Å²) in [6, 6.07) is 7.96. The monoisotopic (exact) mass is 232 g/mol. The fourth-order valence-electron chi connectivity index (χ4n) is 2.50. The number of fused-ring (bicyclic) bond motifs is 1. The lowest BCUT2D eigenvalue weighted by molar-refractivity contribution is -0.142. The van der Waals surface area contributed by atoms with Gasteiger partial charge in [0, 0.05) is 25.3 Å². The van der Waals surface area contributed by atoms with Crippen LogP contribution in [0.5, 0.6) is 0 Å². The van der Waals surface area contributed by atoms with Crippen molar-refractivity contribution in [1.29, 1.82) is 0 Å². The Morgan fingerprint density at radius 1 is 1.41 bits per heavy atom. The molecule has 1 saturated carbocycles. The van der Waals surface area contributed by atoms with E-state index >= 15 is 0 Å². The molecule has 3 nitrogen and oxygen atoms in total. The first-order valence-electron chi connectivity index (χ1n) is 5.87. The van der Waals surface area contributed by atoms with E-state index in [2.05, 4.69) is 0 Å². The molecule has 1 aromatic carbocycles. The van der Waals surface area contributed by atoms with Crippen molar-refractivity contribution in [3.8, 4) is 0 Å². The number of aliphatic hydroxyl groups is 1. The van der Waals surface area contributed by atoms with Gasteiger partial charge in [-0.1, -0.05) is 18.2 Å². The topological polar surface area (TPSA) is 42.6 Å². The molecule has 2 aromatic rings. The molecular weight excluding hydrogens is 216 g/mol. The highest BCUT2D eigenvalue weighted by Crippen LogP contribution is 2.44. The second-order valence-electron chi connectivity index (χ2n) is 4.90. The molecule has 3 heteroatoms. The molecule has 17 heavy (non-hydrogen) atoms. The third-order valence-corrected chi connectivity index (χ3v) is 3.66. The second kappa shape index (κ2) is 3.59. The largest absolute Gasteiger partial charge is 0.458 e. The Kier molecular flexibility index (Phi) is 2.28. The zero-order chi connectivity index (χ0) is 12.0. The van der Waals surface area contributed by atoms with Crippen molar-refractivity contribution in [1.82, 2.24) is 0 Å². The Hall–Kier alpha value is -1.32. The average molecular weight is 232 g/mol. The number of hydrogen-bond donors (Lipinski definition) is 1. The van der Waals surface area contributed by atoms with Crippen LogP contribution in [0.4, 0.5) is 0 Å². The minimum Gasteiger partial charge on any atom is -0.458 e. The number of para-hydroxylation sites is 1. The molecule has 1 aromatic heterocycles. The number of ether oxygens (including phenoxy) is 1. The SMILES string of the molecule is COC1CC(O)(c2cc3cccc(C)c3o2)C1. The Morgan fingerprint density at radius 2 is 2.18 bits per heavy atom. The molecule has 0 radical (unpaired) electrons. The molecule has 0 saturated heterocycles. The molecule has 3 rings (SSSR count). The fraction of sp³-hybridized carbons (Fsp3) is 0.429. The summed E-state index contributed by atoms with van der Waals surface area (Å²) in [5, 5.41) is 11.5. The molecule has 1 N–H and O–H groups in total. The van der Waals surface area contributed by atoms with Crippen LogP contribution >= 0.6 is 0 Å². The second-order valence-corrected chi connectivity index (χ2v) is 4.90. The maximum atomic E-state index is 10.4. The lowest BCUT2D eigenvalue weighted by Crippen LogP contribution is -2.45. The number of rotatable bonds is 2. The van der Waals surface area contributed by atoms with Crippen molar-refractivity contribution >= 4 is 11.0 Å². The van der Waals surface area contributed by atoms with Gasteiger partial charge >= 0.3 is 0 Å². The average Bonchev–Trinajstić information content (AvgIpc) is 2.70. The molecule has 90 valence electrons. The van der Waals surface area contributed by atoms with E-state index in [4.69, 9.17) is 9.15 Å². The lowest BCUT2D eigenvalue weighted by atomic mass is 9.76. The van der Waals surface area contributed by atoms with E-state index in [1.165, 1.54) is 0 Å². The standard InChI is InChI=1S/C14H16O3/c1-9-4-3-5-10-6-12(17-13(9)10)14(15)7-11(8-14)16-2/h3-6,11,15H,7-8H2,1-2H3. The van der Waals surface area contributed by atoms with Crippen LogP contribution in [0.15, 0.2) is 28.7 Å². The molecule has 0 aliphatic heterocycles. The van der Waals surface area contributed by atoms with Crippen LogP contribution in [0.1, 0.15) is 24.2 Å². The molecular formula is C14H16O3. The zero-order valence-electron chi connectivity index (χ0n) is 10.1. The fourth-order valence-corrected chi connectivity index (χ4v) is 2.50. The van der Waals surface area contributed by atoms with Gasteiger partial charge in [0.05, 0.1) is 6.10 Å². The summed E-state index contributed by atoms with van der Waals surface area (Å²) in [4.78, 5) is 0. The smallest absolute Gasteiger partial charge is 0.137 e. The van der Waals surface area contributed by atoms with Crippen LogP contribution < -0.4 is 0 Å². The number of methoxy groups -OCH3 is 1. The number of benzene rings is 1. The molecule has 1 aliphatic carbocycles. The van der Waals surface area contributed by atoms with E-state index in [-0.39, 0.29) is 6.10 Å². The summed E-state index contributed by atoms with van der Waals surface area (Å²) in [5.74, 6) is 0.662. The minimum atomic E-state index is -0.841. The van der Waals surface area contributed by atoms with Gasteiger partial charge in [0.25, 0.3) is 0 Å². The van der Waals surface area contributed by atoms with Gasteiger partial charge in [0.1, 0.15) is 16.9 Å². The van der Waals surface area contributed by atoms with Crippen molar-refractivity contribution in [2.75, 3.05) is 7.11 Å². The summed E-state index contributed by atoms with van der Waals surface area (Å²) >= 11 is 0. The highest BCUT2D eigenvalue weighted by atomic mass is 16.5. The van der Waals surface area contributed by atoms with Gasteiger partial charge in [0.2, 0.25) is 0 Å². The highest BCUT2D eigenvalue weighted by molar-refractivity contribution is 5.81. The Balaban J connectivity index is 1.99. The summed E-state index contributed by atoms with van der Waals surface area (Å²) in [5.41, 5.74) is 1.13. The maximum absolute atomic E-state index is 10.4. The van der Waals surface area contributed by atoms with E-state index in [1.807, 2.05) is 31.2 Å². The summed E-state index contributed by atoms with van der Waals surface area (Å²) in [6.07, 6.45) is 1.37. The normalized spacial score (nSPS) is 28.3. The number of furan rings is 1. The number of aryl methyl sites for hydroxylation is 1. The van der Waals surface area contributed by atoms with Crippen LogP contribution in [0.3, 0.4) is 0 Å². The molecule has 0 amide bonds. The Morgan fingerprint density at radius 3 is 2.82 bits per heavy atom. The predicted molar refractivity (Wildman–Crippen MR) is 64.9 cm³/mol. The van der Waals surface area contributed by atoms with E-state index in [1.54, 1.807) is 7.11 Å². The van der Waals surface area contributed by atoms with Crippen LogP contribution in [0.2, 0.25) is 0 Å². The van der Waals surface area contributed by atoms with Gasteiger partial charge < -0.3 is 14.3 Å². The molecule has 0 unspecified atom stereocenters. The summed E-state index contributed by atoms with van der Waals surface area (Å²) in [7, 11) is 1.67. The zero-order valence-corrected chi connectivity index (χ0v) is 10.1. The van der Waals surface area contributed by atoms with Gasteiger partial charge in [-0.05, 0) is 18.6 Å². The van der Waals surface area contributed by atoms with Crippen molar-refractivity contribution in [2.24, 2.45) is 0 Å². The Labute approximate surface area is 100.0 Å². The number of hydrogen-bond acceptors (Lipinski definition) is 3. The quantitative estimate of drug-likeness (QED) is 0.865. The van der Waals surface area contributed by atoms with E-state index < -0.39 is 5.60 Å². The first-order valence-corrected chi connectivity index (χ1v) is 5.87. The van der Waals surface area contributed by atoms with E-state index in [9.17, 15) is 5.11 Å². The third-order valence-electron chi connectivity index (χ3n) is 3.66. The predicted octanol–water partition coefficient (Wildman–Crippen LogP) is 2.74. The van der Waals surface area contributed by atoms with E-state index in [0.29, 0.717) is 18.6 Å². The molecule has 1 fully saturated rings.